The maximum absolute atomic E-state index is 12.0. The van der Waals surface area contributed by atoms with Crippen molar-refractivity contribution in [2.75, 3.05) is 19.6 Å². The molecule has 1 atom stereocenters. The molecule has 0 aromatic rings. The van der Waals surface area contributed by atoms with Crippen LogP contribution in [-0.4, -0.2) is 41.5 Å². The lowest BCUT2D eigenvalue weighted by atomic mass is 9.76. The monoisotopic (exact) mass is 284 g/mol. The Morgan fingerprint density at radius 2 is 1.90 bits per heavy atom. The summed E-state index contributed by atoms with van der Waals surface area (Å²) in [4.78, 5) is 24.4. The molecule has 1 aliphatic rings. The van der Waals surface area contributed by atoms with Crippen molar-refractivity contribution in [2.45, 2.75) is 46.5 Å². The summed E-state index contributed by atoms with van der Waals surface area (Å²) in [5.41, 5.74) is 5.81. The van der Waals surface area contributed by atoms with Gasteiger partial charge in [-0.3, -0.25) is 9.59 Å². The number of carboxylic acids is 1. The van der Waals surface area contributed by atoms with E-state index in [1.54, 1.807) is 4.90 Å². The Morgan fingerprint density at radius 1 is 1.30 bits per heavy atom. The Kier molecular flexibility index (Phi) is 5.99. The fraction of sp³-hybridized carbons (Fsp3) is 0.867. The number of rotatable bonds is 7. The molecule has 0 radical (unpaired) electrons. The molecule has 5 heteroatoms. The van der Waals surface area contributed by atoms with Crippen molar-refractivity contribution in [3.8, 4) is 0 Å². The van der Waals surface area contributed by atoms with Gasteiger partial charge in [-0.2, -0.15) is 0 Å². The SMILES string of the molecule is CC(C)(C)C(CCN)CCC(=O)N1CC(CC(=O)O)C1. The van der Waals surface area contributed by atoms with Crippen LogP contribution < -0.4 is 5.73 Å². The highest BCUT2D eigenvalue weighted by molar-refractivity contribution is 5.77. The van der Waals surface area contributed by atoms with Gasteiger partial charge < -0.3 is 15.7 Å². The number of amides is 1. The van der Waals surface area contributed by atoms with E-state index in [1.807, 2.05) is 0 Å². The molecule has 5 nitrogen and oxygen atoms in total. The second-order valence-electron chi connectivity index (χ2n) is 6.94. The third-order valence-electron chi connectivity index (χ3n) is 4.22. The Bertz CT molecular complexity index is 344. The van der Waals surface area contributed by atoms with E-state index in [9.17, 15) is 9.59 Å². The maximum Gasteiger partial charge on any atom is 0.303 e. The summed E-state index contributed by atoms with van der Waals surface area (Å²) < 4.78 is 0. The van der Waals surface area contributed by atoms with Crippen LogP contribution in [0.5, 0.6) is 0 Å². The number of nitrogens with two attached hydrogens (primary N) is 1. The highest BCUT2D eigenvalue weighted by Crippen LogP contribution is 2.32. The molecule has 3 N–H and O–H groups in total. The zero-order valence-electron chi connectivity index (χ0n) is 12.9. The van der Waals surface area contributed by atoms with E-state index in [4.69, 9.17) is 10.8 Å². The summed E-state index contributed by atoms with van der Waals surface area (Å²) in [6, 6.07) is 0. The fourth-order valence-corrected chi connectivity index (χ4v) is 2.82. The highest BCUT2D eigenvalue weighted by atomic mass is 16.4. The molecule has 1 saturated heterocycles. The van der Waals surface area contributed by atoms with Crippen LogP contribution in [0.1, 0.15) is 46.5 Å². The van der Waals surface area contributed by atoms with Crippen molar-refractivity contribution in [3.63, 3.8) is 0 Å². The average Bonchev–Trinajstić information content (AvgIpc) is 2.26. The summed E-state index contributed by atoms with van der Waals surface area (Å²) in [6.45, 7) is 8.41. The predicted molar refractivity (Wildman–Crippen MR) is 78.2 cm³/mol. The number of likely N-dealkylation sites (tertiary alicyclic amines) is 1. The second-order valence-corrected chi connectivity index (χ2v) is 6.94. The summed E-state index contributed by atoms with van der Waals surface area (Å²) >= 11 is 0. The predicted octanol–water partition coefficient (Wildman–Crippen LogP) is 1.71. The number of aliphatic carboxylic acids is 1. The standard InChI is InChI=1S/C15H28N2O3/c1-15(2,3)12(6-7-16)4-5-13(18)17-9-11(10-17)8-14(19)20/h11-12H,4-10,16H2,1-3H3,(H,19,20). The lowest BCUT2D eigenvalue weighted by Gasteiger charge is -2.39. The zero-order chi connectivity index (χ0) is 15.3. The van der Waals surface area contributed by atoms with Gasteiger partial charge in [-0.15, -0.1) is 0 Å². The molecule has 1 aliphatic heterocycles. The molecular weight excluding hydrogens is 256 g/mol. The lowest BCUT2D eigenvalue weighted by molar-refractivity contribution is -0.145. The third-order valence-corrected chi connectivity index (χ3v) is 4.22. The van der Waals surface area contributed by atoms with Crippen molar-refractivity contribution in [3.05, 3.63) is 0 Å². The zero-order valence-corrected chi connectivity index (χ0v) is 12.9. The number of nitrogens with zero attached hydrogens (tertiary/aromatic N) is 1. The van der Waals surface area contributed by atoms with E-state index in [1.165, 1.54) is 0 Å². The first-order chi connectivity index (χ1) is 9.24. The number of carbonyl (C=O) groups is 2. The largest absolute Gasteiger partial charge is 0.481 e. The molecule has 0 spiro atoms. The van der Waals surface area contributed by atoms with Gasteiger partial charge >= 0.3 is 5.97 Å². The molecule has 0 aliphatic carbocycles. The van der Waals surface area contributed by atoms with Gasteiger partial charge in [-0.25, -0.2) is 0 Å². The summed E-state index contributed by atoms with van der Waals surface area (Å²) in [6.07, 6.45) is 2.52. The molecule has 0 bridgehead atoms. The van der Waals surface area contributed by atoms with Gasteiger partial charge in [-0.05, 0) is 30.7 Å². The first-order valence-electron chi connectivity index (χ1n) is 7.43. The van der Waals surface area contributed by atoms with Gasteiger partial charge in [0.25, 0.3) is 0 Å². The van der Waals surface area contributed by atoms with Crippen molar-refractivity contribution in [1.82, 2.24) is 4.90 Å². The van der Waals surface area contributed by atoms with Crippen molar-refractivity contribution < 1.29 is 14.7 Å². The van der Waals surface area contributed by atoms with Crippen LogP contribution in [0.4, 0.5) is 0 Å². The second kappa shape index (κ2) is 7.07. The first kappa shape index (κ1) is 17.0. The average molecular weight is 284 g/mol. The minimum atomic E-state index is -0.780. The minimum absolute atomic E-state index is 0.138. The normalized spacial score (nSPS) is 17.7. The van der Waals surface area contributed by atoms with Crippen molar-refractivity contribution in [2.24, 2.45) is 23.0 Å². The Hall–Kier alpha value is -1.10. The van der Waals surface area contributed by atoms with Gasteiger partial charge in [0.15, 0.2) is 0 Å². The number of hydrogen-bond acceptors (Lipinski definition) is 3. The number of carboxylic acid groups (broad SMARTS) is 1. The van der Waals surface area contributed by atoms with Crippen LogP contribution in [0.2, 0.25) is 0 Å². The number of hydrogen-bond donors (Lipinski definition) is 2. The van der Waals surface area contributed by atoms with Gasteiger partial charge in [0.1, 0.15) is 0 Å². The van der Waals surface area contributed by atoms with Crippen LogP contribution in [0, 0.1) is 17.3 Å². The van der Waals surface area contributed by atoms with E-state index in [2.05, 4.69) is 20.8 Å². The van der Waals surface area contributed by atoms with Crippen molar-refractivity contribution in [1.29, 1.82) is 0 Å². The van der Waals surface area contributed by atoms with Crippen LogP contribution in [0.15, 0.2) is 0 Å². The molecule has 116 valence electrons. The molecule has 1 fully saturated rings. The molecule has 0 aromatic heterocycles. The lowest BCUT2D eigenvalue weighted by Crippen LogP contribution is -2.50. The molecule has 1 rings (SSSR count). The smallest absolute Gasteiger partial charge is 0.303 e. The molecule has 0 saturated carbocycles. The van der Waals surface area contributed by atoms with E-state index in [0.29, 0.717) is 32.0 Å². The third kappa shape index (κ3) is 5.12. The molecular formula is C15H28N2O3. The Labute approximate surface area is 121 Å². The molecule has 20 heavy (non-hydrogen) atoms. The number of carbonyl (C=O) groups excluding carboxylic acids is 1. The Morgan fingerprint density at radius 3 is 2.35 bits per heavy atom. The molecule has 1 amide bonds. The topological polar surface area (TPSA) is 83.6 Å². The van der Waals surface area contributed by atoms with Crippen LogP contribution in [-0.2, 0) is 9.59 Å². The summed E-state index contributed by atoms with van der Waals surface area (Å²) in [5.74, 6) is -0.0396. The Balaban J connectivity index is 2.31. The molecule has 1 unspecified atom stereocenters. The molecule has 1 heterocycles. The van der Waals surface area contributed by atoms with E-state index in [-0.39, 0.29) is 23.7 Å². The first-order valence-corrected chi connectivity index (χ1v) is 7.43. The molecule has 0 aromatic carbocycles. The fourth-order valence-electron chi connectivity index (χ4n) is 2.82. The van der Waals surface area contributed by atoms with Gasteiger partial charge in [0.05, 0.1) is 6.42 Å². The quantitative estimate of drug-likeness (QED) is 0.745. The van der Waals surface area contributed by atoms with E-state index in [0.717, 1.165) is 12.8 Å². The highest BCUT2D eigenvalue weighted by Gasteiger charge is 2.32. The summed E-state index contributed by atoms with van der Waals surface area (Å²) in [7, 11) is 0. The van der Waals surface area contributed by atoms with Crippen LogP contribution in [0.25, 0.3) is 0 Å². The van der Waals surface area contributed by atoms with E-state index < -0.39 is 5.97 Å². The van der Waals surface area contributed by atoms with E-state index >= 15 is 0 Å². The van der Waals surface area contributed by atoms with Gasteiger partial charge in [0, 0.05) is 25.4 Å². The van der Waals surface area contributed by atoms with Gasteiger partial charge in [0.2, 0.25) is 5.91 Å². The van der Waals surface area contributed by atoms with Crippen LogP contribution in [0.3, 0.4) is 0 Å². The minimum Gasteiger partial charge on any atom is -0.481 e. The van der Waals surface area contributed by atoms with Crippen LogP contribution >= 0.6 is 0 Å². The van der Waals surface area contributed by atoms with Crippen molar-refractivity contribution >= 4 is 11.9 Å². The summed E-state index contributed by atoms with van der Waals surface area (Å²) in [5, 5.41) is 8.68. The maximum atomic E-state index is 12.0. The van der Waals surface area contributed by atoms with Gasteiger partial charge in [-0.1, -0.05) is 20.8 Å².